The summed E-state index contributed by atoms with van der Waals surface area (Å²) >= 11 is 0. The molecule has 2 rings (SSSR count). The number of carboxylic acids is 1. The highest BCUT2D eigenvalue weighted by Crippen LogP contribution is 2.22. The minimum absolute atomic E-state index is 0.0954. The van der Waals surface area contributed by atoms with E-state index in [1.807, 2.05) is 24.3 Å². The Balaban J connectivity index is 1.96. The number of aliphatic carboxylic acids is 1. The van der Waals surface area contributed by atoms with Gasteiger partial charge in [0.05, 0.1) is 6.54 Å². The summed E-state index contributed by atoms with van der Waals surface area (Å²) in [5, 5.41) is 8.71. The van der Waals surface area contributed by atoms with Crippen LogP contribution in [-0.4, -0.2) is 41.1 Å². The van der Waals surface area contributed by atoms with Crippen LogP contribution in [-0.2, 0) is 16.1 Å². The van der Waals surface area contributed by atoms with Crippen LogP contribution in [0, 0.1) is 0 Å². The van der Waals surface area contributed by atoms with Crippen LogP contribution in [0.2, 0.25) is 0 Å². The smallest absolute Gasteiger partial charge is 0.320 e. The molecule has 1 heterocycles. The number of nitrogens with two attached hydrogens (primary N) is 1. The Hall–Kier alpha value is -2.08. The summed E-state index contributed by atoms with van der Waals surface area (Å²) in [4.78, 5) is 24.4. The van der Waals surface area contributed by atoms with Crippen molar-refractivity contribution in [3.8, 4) is 5.75 Å². The van der Waals surface area contributed by atoms with Gasteiger partial charge in [-0.2, -0.15) is 0 Å². The molecule has 6 heteroatoms. The molecule has 1 aliphatic heterocycles. The average molecular weight is 278 g/mol. The largest absolute Gasteiger partial charge is 0.491 e. The number of ether oxygens (including phenoxy) is 1. The van der Waals surface area contributed by atoms with Crippen molar-refractivity contribution >= 4 is 11.9 Å². The van der Waals surface area contributed by atoms with Gasteiger partial charge in [-0.1, -0.05) is 18.2 Å². The van der Waals surface area contributed by atoms with Gasteiger partial charge >= 0.3 is 5.97 Å². The summed E-state index contributed by atoms with van der Waals surface area (Å²) < 4.78 is 5.58. The summed E-state index contributed by atoms with van der Waals surface area (Å²) in [6, 6.07) is 6.60. The number of rotatable bonds is 4. The van der Waals surface area contributed by atoms with Crippen LogP contribution in [0.25, 0.3) is 0 Å². The molecule has 1 unspecified atom stereocenters. The second kappa shape index (κ2) is 6.38. The van der Waals surface area contributed by atoms with Crippen molar-refractivity contribution in [1.82, 2.24) is 4.90 Å². The van der Waals surface area contributed by atoms with Gasteiger partial charge in [0.15, 0.2) is 0 Å². The van der Waals surface area contributed by atoms with Crippen LogP contribution >= 0.6 is 0 Å². The lowest BCUT2D eigenvalue weighted by Gasteiger charge is -2.20. The maximum absolute atomic E-state index is 12.1. The van der Waals surface area contributed by atoms with Crippen LogP contribution in [0.4, 0.5) is 0 Å². The van der Waals surface area contributed by atoms with Crippen molar-refractivity contribution < 1.29 is 19.4 Å². The Morgan fingerprint density at radius 2 is 2.15 bits per heavy atom. The first-order chi connectivity index (χ1) is 9.58. The van der Waals surface area contributed by atoms with E-state index in [0.29, 0.717) is 19.7 Å². The second-order valence-corrected chi connectivity index (χ2v) is 4.75. The Kier molecular flexibility index (Phi) is 4.57. The van der Waals surface area contributed by atoms with E-state index >= 15 is 0 Å². The highest BCUT2D eigenvalue weighted by Gasteiger charge is 2.21. The first-order valence-corrected chi connectivity index (χ1v) is 6.55. The van der Waals surface area contributed by atoms with Crippen molar-refractivity contribution in [3.63, 3.8) is 0 Å². The molecule has 0 saturated heterocycles. The van der Waals surface area contributed by atoms with Gasteiger partial charge in [-0.15, -0.1) is 0 Å². The quantitative estimate of drug-likeness (QED) is 0.841. The molecule has 0 spiro atoms. The SMILES string of the molecule is NC(CCC(=O)N1CCOc2ccccc2C1)C(=O)O. The molecule has 1 amide bonds. The van der Waals surface area contributed by atoms with E-state index in [4.69, 9.17) is 15.6 Å². The van der Waals surface area contributed by atoms with E-state index < -0.39 is 12.0 Å². The molecule has 20 heavy (non-hydrogen) atoms. The number of hydrogen-bond acceptors (Lipinski definition) is 4. The van der Waals surface area contributed by atoms with Gasteiger partial charge in [-0.05, 0) is 12.5 Å². The first kappa shape index (κ1) is 14.3. The van der Waals surface area contributed by atoms with E-state index in [9.17, 15) is 9.59 Å². The minimum Gasteiger partial charge on any atom is -0.491 e. The average Bonchev–Trinajstić information content (AvgIpc) is 2.66. The molecule has 0 radical (unpaired) electrons. The minimum atomic E-state index is -1.08. The Bertz CT molecular complexity index is 504. The van der Waals surface area contributed by atoms with E-state index in [1.165, 1.54) is 0 Å². The lowest BCUT2D eigenvalue weighted by atomic mass is 10.1. The molecule has 0 bridgehead atoms. The molecule has 0 saturated carbocycles. The van der Waals surface area contributed by atoms with E-state index in [2.05, 4.69) is 0 Å². The van der Waals surface area contributed by atoms with Crippen molar-refractivity contribution in [1.29, 1.82) is 0 Å². The number of nitrogens with zero attached hydrogens (tertiary/aromatic N) is 1. The summed E-state index contributed by atoms with van der Waals surface area (Å²) in [7, 11) is 0. The molecular formula is C14H18N2O4. The third kappa shape index (κ3) is 3.48. The van der Waals surface area contributed by atoms with Gasteiger partial charge in [-0.3, -0.25) is 9.59 Å². The maximum Gasteiger partial charge on any atom is 0.320 e. The summed E-state index contributed by atoms with van der Waals surface area (Å²) in [6.07, 6.45) is 0.281. The van der Waals surface area contributed by atoms with Crippen molar-refractivity contribution in [2.75, 3.05) is 13.2 Å². The fourth-order valence-corrected chi connectivity index (χ4v) is 2.10. The van der Waals surface area contributed by atoms with E-state index in [0.717, 1.165) is 11.3 Å². The number of amides is 1. The van der Waals surface area contributed by atoms with Crippen molar-refractivity contribution in [2.45, 2.75) is 25.4 Å². The molecule has 0 aromatic heterocycles. The Labute approximate surface area is 117 Å². The number of hydrogen-bond donors (Lipinski definition) is 2. The van der Waals surface area contributed by atoms with Gasteiger partial charge in [0.1, 0.15) is 18.4 Å². The molecule has 3 N–H and O–H groups in total. The first-order valence-electron chi connectivity index (χ1n) is 6.55. The zero-order chi connectivity index (χ0) is 14.5. The van der Waals surface area contributed by atoms with Crippen molar-refractivity contribution in [2.24, 2.45) is 5.73 Å². The molecule has 108 valence electrons. The van der Waals surface area contributed by atoms with Crippen LogP contribution in [0.3, 0.4) is 0 Å². The fraction of sp³-hybridized carbons (Fsp3) is 0.429. The third-order valence-corrected chi connectivity index (χ3v) is 3.29. The number of carbonyl (C=O) groups excluding carboxylic acids is 1. The topological polar surface area (TPSA) is 92.9 Å². The maximum atomic E-state index is 12.1. The predicted octanol–water partition coefficient (Wildman–Crippen LogP) is 0.600. The van der Waals surface area contributed by atoms with Gasteiger partial charge in [0.2, 0.25) is 5.91 Å². The standard InChI is InChI=1S/C14H18N2O4/c15-11(14(18)19)5-6-13(17)16-7-8-20-12-4-2-1-3-10(12)9-16/h1-4,11H,5-9,15H2,(H,18,19). The summed E-state index contributed by atoms with van der Waals surface area (Å²) in [5.41, 5.74) is 6.37. The van der Waals surface area contributed by atoms with Crippen LogP contribution in [0.1, 0.15) is 18.4 Å². The zero-order valence-electron chi connectivity index (χ0n) is 11.1. The highest BCUT2D eigenvalue weighted by molar-refractivity contribution is 5.78. The molecule has 1 aromatic carbocycles. The lowest BCUT2D eigenvalue weighted by molar-refractivity contribution is -0.139. The van der Waals surface area contributed by atoms with Gasteiger partial charge < -0.3 is 20.5 Å². The number of benzene rings is 1. The monoisotopic (exact) mass is 278 g/mol. The molecule has 0 fully saturated rings. The van der Waals surface area contributed by atoms with Crippen LogP contribution in [0.5, 0.6) is 5.75 Å². The normalized spacial score (nSPS) is 15.8. The molecular weight excluding hydrogens is 260 g/mol. The molecule has 0 aliphatic carbocycles. The number of carbonyl (C=O) groups is 2. The predicted molar refractivity (Wildman–Crippen MR) is 72.2 cm³/mol. The lowest BCUT2D eigenvalue weighted by Crippen LogP contribution is -2.35. The van der Waals surface area contributed by atoms with E-state index in [-0.39, 0.29) is 18.7 Å². The van der Waals surface area contributed by atoms with E-state index in [1.54, 1.807) is 4.90 Å². The molecule has 1 aliphatic rings. The fourth-order valence-electron chi connectivity index (χ4n) is 2.10. The van der Waals surface area contributed by atoms with Gasteiger partial charge in [0.25, 0.3) is 0 Å². The molecule has 1 aromatic rings. The van der Waals surface area contributed by atoms with Crippen LogP contribution < -0.4 is 10.5 Å². The number of fused-ring (bicyclic) bond motifs is 1. The Morgan fingerprint density at radius 3 is 2.90 bits per heavy atom. The number of carboxylic acid groups (broad SMARTS) is 1. The van der Waals surface area contributed by atoms with Gasteiger partial charge in [0, 0.05) is 18.5 Å². The van der Waals surface area contributed by atoms with Crippen LogP contribution in [0.15, 0.2) is 24.3 Å². The number of para-hydroxylation sites is 1. The molecule has 1 atom stereocenters. The second-order valence-electron chi connectivity index (χ2n) is 4.75. The van der Waals surface area contributed by atoms with Gasteiger partial charge in [-0.25, -0.2) is 0 Å². The summed E-state index contributed by atoms with van der Waals surface area (Å²) in [6.45, 7) is 1.42. The highest BCUT2D eigenvalue weighted by atomic mass is 16.5. The zero-order valence-corrected chi connectivity index (χ0v) is 11.1. The molecule has 6 nitrogen and oxygen atoms in total. The Morgan fingerprint density at radius 1 is 1.40 bits per heavy atom. The summed E-state index contributed by atoms with van der Waals surface area (Å²) in [5.74, 6) is -0.380. The van der Waals surface area contributed by atoms with Crippen molar-refractivity contribution in [3.05, 3.63) is 29.8 Å². The third-order valence-electron chi connectivity index (χ3n) is 3.29.